The van der Waals surface area contributed by atoms with E-state index in [1.165, 1.54) is 29.6 Å². The van der Waals surface area contributed by atoms with Crippen LogP contribution in [0.4, 0.5) is 5.95 Å². The van der Waals surface area contributed by atoms with Gasteiger partial charge in [-0.3, -0.25) is 15.2 Å². The van der Waals surface area contributed by atoms with Crippen LogP contribution in [0.3, 0.4) is 0 Å². The third-order valence-corrected chi connectivity index (χ3v) is 4.39. The Morgan fingerprint density at radius 2 is 2.18 bits per heavy atom. The lowest BCUT2D eigenvalue weighted by molar-refractivity contribution is -0.113. The smallest absolute Gasteiger partial charge is 0.241 e. The van der Waals surface area contributed by atoms with Crippen LogP contribution in [-0.2, 0) is 4.79 Å². The summed E-state index contributed by atoms with van der Waals surface area (Å²) in [5.74, 6) is 0.282. The van der Waals surface area contributed by atoms with Crippen LogP contribution in [0.1, 0.15) is 0 Å². The van der Waals surface area contributed by atoms with Crippen molar-refractivity contribution in [2.45, 2.75) is 5.16 Å². The molecule has 1 amide bonds. The number of halogens is 1. The van der Waals surface area contributed by atoms with Crippen LogP contribution in [0, 0.1) is 0 Å². The highest BCUT2D eigenvalue weighted by Crippen LogP contribution is 2.24. The third-order valence-electron chi connectivity index (χ3n) is 2.50. The van der Waals surface area contributed by atoms with Gasteiger partial charge in [-0.1, -0.05) is 35.5 Å². The lowest BCUT2D eigenvalue weighted by Crippen LogP contribution is -2.15. The minimum atomic E-state index is -0.207. The molecule has 1 aromatic carbocycles. The van der Waals surface area contributed by atoms with Gasteiger partial charge in [-0.15, -0.1) is 0 Å². The summed E-state index contributed by atoms with van der Waals surface area (Å²) < 4.78 is 4.12. The van der Waals surface area contributed by atoms with Crippen LogP contribution in [-0.4, -0.2) is 36.2 Å². The maximum atomic E-state index is 11.8. The molecule has 22 heavy (non-hydrogen) atoms. The van der Waals surface area contributed by atoms with Crippen molar-refractivity contribution < 1.29 is 4.79 Å². The van der Waals surface area contributed by atoms with Crippen LogP contribution >= 0.6 is 34.9 Å². The van der Waals surface area contributed by atoms with E-state index in [9.17, 15) is 4.79 Å². The van der Waals surface area contributed by atoms with Crippen molar-refractivity contribution >= 4 is 46.8 Å². The van der Waals surface area contributed by atoms with Gasteiger partial charge in [-0.05, 0) is 23.7 Å². The normalized spacial score (nSPS) is 10.6. The first-order chi connectivity index (χ1) is 10.7. The summed E-state index contributed by atoms with van der Waals surface area (Å²) in [5.41, 5.74) is 0.901. The largest absolute Gasteiger partial charge is 0.293 e. The SMILES string of the molecule is O=C(CSc1ncn[nH]1)Nc1nsc(-c2ccc(Cl)cc2)n1. The Hall–Kier alpha value is -1.97. The highest BCUT2D eigenvalue weighted by molar-refractivity contribution is 7.99. The number of benzene rings is 1. The zero-order valence-electron chi connectivity index (χ0n) is 11.0. The Kier molecular flexibility index (Phi) is 4.66. The first-order valence-corrected chi connectivity index (χ1v) is 8.22. The molecule has 10 heteroatoms. The van der Waals surface area contributed by atoms with Crippen molar-refractivity contribution in [3.63, 3.8) is 0 Å². The molecule has 2 aromatic heterocycles. The molecule has 112 valence electrons. The van der Waals surface area contributed by atoms with E-state index in [-0.39, 0.29) is 17.6 Å². The summed E-state index contributed by atoms with van der Waals surface area (Å²) in [5, 5.41) is 11.0. The molecule has 0 radical (unpaired) electrons. The average Bonchev–Trinajstić information content (AvgIpc) is 3.17. The second kappa shape index (κ2) is 6.86. The topological polar surface area (TPSA) is 96.5 Å². The molecule has 0 saturated carbocycles. The Morgan fingerprint density at radius 1 is 1.36 bits per heavy atom. The molecular formula is C12H9ClN6OS2. The molecule has 0 atom stereocenters. The van der Waals surface area contributed by atoms with Crippen LogP contribution in [0.25, 0.3) is 10.6 Å². The summed E-state index contributed by atoms with van der Waals surface area (Å²) >= 11 is 8.31. The number of H-pyrrole nitrogens is 1. The number of amides is 1. The number of nitrogens with one attached hydrogen (secondary N) is 2. The molecule has 0 aliphatic rings. The van der Waals surface area contributed by atoms with Crippen LogP contribution in [0.2, 0.25) is 5.02 Å². The first kappa shape index (κ1) is 14.9. The number of thioether (sulfide) groups is 1. The fourth-order valence-corrected chi connectivity index (χ4v) is 2.88. The standard InChI is InChI=1S/C12H9ClN6OS2/c13-8-3-1-7(2-4-8)10-17-11(19-22-10)16-9(20)5-21-12-14-6-15-18-12/h1-4,6H,5H2,(H,14,15,18)(H,16,19,20). The van der Waals surface area contributed by atoms with E-state index in [2.05, 4.69) is 29.9 Å². The van der Waals surface area contributed by atoms with Gasteiger partial charge < -0.3 is 0 Å². The third kappa shape index (κ3) is 3.81. The quantitative estimate of drug-likeness (QED) is 0.685. The van der Waals surface area contributed by atoms with Crippen molar-refractivity contribution in [1.29, 1.82) is 0 Å². The lowest BCUT2D eigenvalue weighted by Gasteiger charge is -1.98. The number of aromatic amines is 1. The molecular weight excluding hydrogens is 344 g/mol. The second-order valence-corrected chi connectivity index (χ2v) is 6.21. The minimum Gasteiger partial charge on any atom is -0.293 e. The molecule has 2 N–H and O–H groups in total. The Morgan fingerprint density at radius 3 is 2.91 bits per heavy atom. The van der Waals surface area contributed by atoms with E-state index >= 15 is 0 Å². The van der Waals surface area contributed by atoms with E-state index in [1.807, 2.05) is 12.1 Å². The number of hydrogen-bond acceptors (Lipinski definition) is 7. The monoisotopic (exact) mass is 352 g/mol. The zero-order valence-corrected chi connectivity index (χ0v) is 13.4. The first-order valence-electron chi connectivity index (χ1n) is 6.08. The number of rotatable bonds is 5. The van der Waals surface area contributed by atoms with E-state index in [0.29, 0.717) is 10.2 Å². The van der Waals surface area contributed by atoms with Gasteiger partial charge in [0, 0.05) is 10.6 Å². The molecule has 0 bridgehead atoms. The van der Waals surface area contributed by atoms with Gasteiger partial charge >= 0.3 is 0 Å². The number of carbonyl (C=O) groups is 1. The molecule has 0 unspecified atom stereocenters. The predicted molar refractivity (Wildman–Crippen MR) is 86.1 cm³/mol. The Labute approximate surface area is 138 Å². The molecule has 0 saturated heterocycles. The molecule has 0 spiro atoms. The Balaban J connectivity index is 1.59. The number of carbonyl (C=O) groups excluding carboxylic acids is 1. The molecule has 0 aliphatic carbocycles. The number of anilines is 1. The minimum absolute atomic E-state index is 0.199. The van der Waals surface area contributed by atoms with Crippen molar-refractivity contribution in [3.8, 4) is 10.6 Å². The summed E-state index contributed by atoms with van der Waals surface area (Å²) in [6.45, 7) is 0. The summed E-state index contributed by atoms with van der Waals surface area (Å²) in [6.07, 6.45) is 1.39. The summed E-state index contributed by atoms with van der Waals surface area (Å²) in [4.78, 5) is 20.0. The number of nitrogens with zero attached hydrogens (tertiary/aromatic N) is 4. The van der Waals surface area contributed by atoms with Gasteiger partial charge in [-0.25, -0.2) is 4.98 Å². The average molecular weight is 353 g/mol. The second-order valence-electron chi connectivity index (χ2n) is 4.06. The van der Waals surface area contributed by atoms with E-state index in [1.54, 1.807) is 12.1 Å². The number of aromatic nitrogens is 5. The molecule has 0 aliphatic heterocycles. The summed E-state index contributed by atoms with van der Waals surface area (Å²) in [6, 6.07) is 7.28. The highest BCUT2D eigenvalue weighted by Gasteiger charge is 2.10. The van der Waals surface area contributed by atoms with Crippen molar-refractivity contribution in [3.05, 3.63) is 35.6 Å². The molecule has 3 aromatic rings. The van der Waals surface area contributed by atoms with Crippen molar-refractivity contribution in [1.82, 2.24) is 24.5 Å². The van der Waals surface area contributed by atoms with Gasteiger partial charge in [0.25, 0.3) is 0 Å². The van der Waals surface area contributed by atoms with Gasteiger partial charge in [0.05, 0.1) is 5.75 Å². The molecule has 7 nitrogen and oxygen atoms in total. The van der Waals surface area contributed by atoms with Gasteiger partial charge in [0.2, 0.25) is 11.9 Å². The van der Waals surface area contributed by atoms with Crippen LogP contribution in [0.5, 0.6) is 0 Å². The van der Waals surface area contributed by atoms with Gasteiger partial charge in [-0.2, -0.15) is 14.5 Å². The predicted octanol–water partition coefficient (Wildman–Crippen LogP) is 2.71. The zero-order chi connectivity index (χ0) is 15.4. The van der Waals surface area contributed by atoms with Crippen LogP contribution < -0.4 is 5.32 Å². The van der Waals surface area contributed by atoms with Crippen molar-refractivity contribution in [2.75, 3.05) is 11.1 Å². The number of hydrogen-bond donors (Lipinski definition) is 2. The van der Waals surface area contributed by atoms with E-state index in [4.69, 9.17) is 11.6 Å². The fraction of sp³-hybridized carbons (Fsp3) is 0.0833. The molecule has 2 heterocycles. The summed E-state index contributed by atoms with van der Waals surface area (Å²) in [7, 11) is 0. The maximum absolute atomic E-state index is 11.8. The van der Waals surface area contributed by atoms with Gasteiger partial charge in [0.15, 0.2) is 5.16 Å². The van der Waals surface area contributed by atoms with Gasteiger partial charge in [0.1, 0.15) is 11.3 Å². The van der Waals surface area contributed by atoms with Crippen molar-refractivity contribution in [2.24, 2.45) is 0 Å². The van der Waals surface area contributed by atoms with Crippen LogP contribution in [0.15, 0.2) is 35.7 Å². The Bertz CT molecular complexity index is 758. The maximum Gasteiger partial charge on any atom is 0.241 e. The molecule has 0 fully saturated rings. The fourth-order valence-electron chi connectivity index (χ4n) is 1.54. The lowest BCUT2D eigenvalue weighted by atomic mass is 10.2. The van der Waals surface area contributed by atoms with E-state index < -0.39 is 0 Å². The molecule has 3 rings (SSSR count). The highest BCUT2D eigenvalue weighted by atomic mass is 35.5. The van der Waals surface area contributed by atoms with E-state index in [0.717, 1.165) is 10.6 Å².